The second-order valence-electron chi connectivity index (χ2n) is 19.8. The van der Waals surface area contributed by atoms with Gasteiger partial charge in [0.15, 0.2) is 24.1 Å². The molecule has 1 spiro atoms. The molecule has 0 amide bonds. The van der Waals surface area contributed by atoms with E-state index in [4.69, 9.17) is 61.6 Å². The van der Waals surface area contributed by atoms with Crippen LogP contribution in [-0.2, 0) is 61.8 Å². The maximum atomic E-state index is 13.1. The fraction of sp³-hybridized carbons (Fsp3) is 0.717. The van der Waals surface area contributed by atoms with Gasteiger partial charge in [0.2, 0.25) is 5.75 Å². The predicted octanol–water partition coefficient (Wildman–Crippen LogP) is 4.98. The number of carbonyl (C=O) groups is 3. The van der Waals surface area contributed by atoms with Gasteiger partial charge < -0.3 is 82.0 Å². The van der Waals surface area contributed by atoms with E-state index in [1.165, 1.54) is 31.9 Å². The highest BCUT2D eigenvalue weighted by Gasteiger charge is 2.45. The lowest BCUT2D eigenvalue weighted by Gasteiger charge is -2.43. The third kappa shape index (κ3) is 18.0. The Hall–Kier alpha value is -4.19. The molecule has 4 rings (SSSR count). The lowest BCUT2D eigenvalue weighted by molar-refractivity contribution is -0.307. The number of carbonyl (C=O) groups excluding carboxylic acids is 3. The van der Waals surface area contributed by atoms with E-state index in [1.807, 2.05) is 32.9 Å². The van der Waals surface area contributed by atoms with Crippen molar-refractivity contribution in [3.63, 3.8) is 0 Å². The molecule has 2 heterocycles. The Labute approximate surface area is 431 Å². The molecule has 20 heteroatoms. The van der Waals surface area contributed by atoms with E-state index < -0.39 is 86.4 Å². The fourth-order valence-corrected chi connectivity index (χ4v) is 7.44. The van der Waals surface area contributed by atoms with Crippen LogP contribution in [0.2, 0.25) is 0 Å². The molecule has 2 fully saturated rings. The van der Waals surface area contributed by atoms with Gasteiger partial charge in [-0.05, 0) is 66.0 Å². The first kappa shape index (κ1) is 63.1. The molecule has 2 aromatic carbocycles. The Bertz CT molecular complexity index is 1870. The van der Waals surface area contributed by atoms with Crippen LogP contribution in [0.4, 0.5) is 0 Å². The van der Waals surface area contributed by atoms with Gasteiger partial charge in [0.05, 0.1) is 84.7 Å². The first-order valence-electron chi connectivity index (χ1n) is 24.8. The van der Waals surface area contributed by atoms with E-state index in [0.29, 0.717) is 83.3 Å². The topological polar surface area (TPSA) is 252 Å². The van der Waals surface area contributed by atoms with Gasteiger partial charge in [-0.1, -0.05) is 50.1 Å². The lowest BCUT2D eigenvalue weighted by atomic mass is 9.80. The predicted molar refractivity (Wildman–Crippen MR) is 265 cm³/mol. The highest BCUT2D eigenvalue weighted by Crippen LogP contribution is 2.44. The summed E-state index contributed by atoms with van der Waals surface area (Å²) in [7, 11) is 4.87. The summed E-state index contributed by atoms with van der Waals surface area (Å²) in [5.41, 5.74) is -1.22. The number of aliphatic hydroxyl groups excluding tert-OH is 4. The third-order valence-corrected chi connectivity index (χ3v) is 13.3. The van der Waals surface area contributed by atoms with Gasteiger partial charge in [-0.15, -0.1) is 0 Å². The minimum absolute atomic E-state index is 0.128. The van der Waals surface area contributed by atoms with E-state index in [9.17, 15) is 34.8 Å². The van der Waals surface area contributed by atoms with E-state index in [0.717, 1.165) is 30.4 Å². The first-order valence-corrected chi connectivity index (χ1v) is 24.8. The standard InChI is InChI=1S/C30H42O10.C23H42O10/c1-21-12-22(2)14-23(13-21)28-37-17-30(18-38-28)19-39-29(40-20-30)24-15-25(34-9-6-31-3)27(36-11-8-33-5)26(16-24)35-10-7-32-4;1-7-23(8-2,9-3)16-33-19(30)22(6,14-31-17(28)20(4,10-24)11-25)15-32-18(29)21(5,12-26)13-27/h12-16,28-29H,6-11,17-20H2,1-5H3;24-27H,7-16H2,1-6H3. The van der Waals surface area contributed by atoms with Crippen molar-refractivity contribution < 1.29 is 96.4 Å². The molecule has 0 saturated carbocycles. The first-order chi connectivity index (χ1) is 34.8. The smallest absolute Gasteiger partial charge is 0.318 e. The number of ether oxygens (including phenoxy) is 13. The van der Waals surface area contributed by atoms with E-state index >= 15 is 0 Å². The van der Waals surface area contributed by atoms with Crippen molar-refractivity contribution in [1.29, 1.82) is 0 Å². The maximum absolute atomic E-state index is 13.1. The largest absolute Gasteiger partial charge is 0.487 e. The number of methoxy groups -OCH3 is 3. The minimum Gasteiger partial charge on any atom is -0.487 e. The van der Waals surface area contributed by atoms with E-state index in [-0.39, 0.29) is 17.4 Å². The number of rotatable bonds is 30. The number of hydrogen-bond acceptors (Lipinski definition) is 20. The highest BCUT2D eigenvalue weighted by molar-refractivity contribution is 5.81. The molecule has 0 atom stereocenters. The summed E-state index contributed by atoms with van der Waals surface area (Å²) < 4.78 is 74.2. The van der Waals surface area contributed by atoms with Gasteiger partial charge in [-0.25, -0.2) is 0 Å². The molecule has 416 valence electrons. The monoisotopic (exact) mass is 1040 g/mol. The van der Waals surface area contributed by atoms with E-state index in [2.05, 4.69) is 32.0 Å². The molecule has 0 bridgehead atoms. The maximum Gasteiger partial charge on any atom is 0.318 e. The molecule has 4 N–H and O–H groups in total. The zero-order valence-electron chi connectivity index (χ0n) is 45.0. The summed E-state index contributed by atoms with van der Waals surface area (Å²) in [6.45, 7) is 14.6. The summed E-state index contributed by atoms with van der Waals surface area (Å²) in [6.07, 6.45) is 1.33. The Morgan fingerprint density at radius 3 is 1.22 bits per heavy atom. The van der Waals surface area contributed by atoms with Crippen LogP contribution in [0.5, 0.6) is 17.2 Å². The van der Waals surface area contributed by atoms with Crippen molar-refractivity contribution in [2.45, 2.75) is 87.2 Å². The zero-order valence-corrected chi connectivity index (χ0v) is 45.0. The average Bonchev–Trinajstić information content (AvgIpc) is 3.40. The van der Waals surface area contributed by atoms with Gasteiger partial charge in [0, 0.05) is 37.9 Å². The van der Waals surface area contributed by atoms with Crippen molar-refractivity contribution in [2.24, 2.45) is 27.1 Å². The molecule has 0 unspecified atom stereocenters. The second-order valence-corrected chi connectivity index (χ2v) is 19.8. The normalized spacial score (nSPS) is 18.3. The Kier molecular flexibility index (Phi) is 26.3. The van der Waals surface area contributed by atoms with Crippen molar-refractivity contribution in [3.05, 3.63) is 52.6 Å². The van der Waals surface area contributed by atoms with Crippen LogP contribution in [-0.4, -0.2) is 172 Å². The number of aryl methyl sites for hydroxylation is 2. The molecule has 2 aliphatic rings. The fourth-order valence-electron chi connectivity index (χ4n) is 7.44. The van der Waals surface area contributed by atoms with Crippen LogP contribution in [0.15, 0.2) is 30.3 Å². The van der Waals surface area contributed by atoms with Crippen LogP contribution in [0.25, 0.3) is 0 Å². The summed E-state index contributed by atoms with van der Waals surface area (Å²) in [6, 6.07) is 10.0. The van der Waals surface area contributed by atoms with Gasteiger partial charge in [-0.3, -0.25) is 14.4 Å². The summed E-state index contributed by atoms with van der Waals surface area (Å²) >= 11 is 0. The highest BCUT2D eigenvalue weighted by atomic mass is 16.7. The molecule has 0 aromatic heterocycles. The summed E-state index contributed by atoms with van der Waals surface area (Å²) in [5, 5.41) is 37.6. The Morgan fingerprint density at radius 2 is 0.863 bits per heavy atom. The minimum atomic E-state index is -1.61. The SMILES string of the molecule is CCC(CC)(CC)COC(=O)C(C)(COC(=O)C(C)(CO)CO)COC(=O)C(C)(CO)CO.COCCOc1cc(C2OCC3(COC(c4cc(C)cc(C)c4)OC3)CO2)cc(OCCOC)c1OCCOC. The van der Waals surface area contributed by atoms with Crippen LogP contribution < -0.4 is 14.2 Å². The lowest BCUT2D eigenvalue weighted by Crippen LogP contribution is -2.49. The molecular weight excluding hydrogens is 957 g/mol. The Morgan fingerprint density at radius 1 is 0.521 bits per heavy atom. The molecular formula is C53H84O20. The van der Waals surface area contributed by atoms with Crippen molar-refractivity contribution >= 4 is 17.9 Å². The third-order valence-electron chi connectivity index (χ3n) is 13.3. The molecule has 2 aliphatic heterocycles. The van der Waals surface area contributed by atoms with Gasteiger partial charge in [0.1, 0.15) is 49.3 Å². The summed E-state index contributed by atoms with van der Waals surface area (Å²) in [4.78, 5) is 37.8. The molecule has 2 saturated heterocycles. The van der Waals surface area contributed by atoms with Gasteiger partial charge in [0.25, 0.3) is 0 Å². The number of esters is 3. The van der Waals surface area contributed by atoms with E-state index in [1.54, 1.807) is 21.3 Å². The van der Waals surface area contributed by atoms with Crippen molar-refractivity contribution in [3.8, 4) is 17.2 Å². The molecule has 0 radical (unpaired) electrons. The zero-order chi connectivity index (χ0) is 54.3. The second kappa shape index (κ2) is 30.4. The van der Waals surface area contributed by atoms with Gasteiger partial charge in [-0.2, -0.15) is 0 Å². The Balaban J connectivity index is 0.000000394. The average molecular weight is 1040 g/mol. The van der Waals surface area contributed by atoms with Crippen LogP contribution in [0.1, 0.15) is 95.6 Å². The molecule has 0 aliphatic carbocycles. The van der Waals surface area contributed by atoms with Crippen molar-refractivity contribution in [2.75, 3.05) is 134 Å². The van der Waals surface area contributed by atoms with Crippen LogP contribution in [0, 0.1) is 40.9 Å². The quantitative estimate of drug-likeness (QED) is 0.0458. The molecule has 20 nitrogen and oxygen atoms in total. The number of hydrogen-bond donors (Lipinski definition) is 4. The van der Waals surface area contributed by atoms with Crippen LogP contribution >= 0.6 is 0 Å². The van der Waals surface area contributed by atoms with Gasteiger partial charge >= 0.3 is 17.9 Å². The number of benzene rings is 2. The molecule has 2 aromatic rings. The van der Waals surface area contributed by atoms with Crippen LogP contribution in [0.3, 0.4) is 0 Å². The molecule has 73 heavy (non-hydrogen) atoms. The number of aliphatic hydroxyl groups is 4. The summed E-state index contributed by atoms with van der Waals surface area (Å²) in [5.74, 6) is -1.13. The van der Waals surface area contributed by atoms with Crippen molar-refractivity contribution in [1.82, 2.24) is 0 Å².